The molecule has 7 heteroatoms. The standard InChI is InChI=1S/C11H18N4O3/c1-17-7-6-15-10(8-4-3-5-12-8)9(13-14-15)11(16)18-2/h8,12H,3-7H2,1-2H3. The lowest BCUT2D eigenvalue weighted by molar-refractivity contribution is 0.0591. The Morgan fingerprint density at radius 1 is 1.56 bits per heavy atom. The van der Waals surface area contributed by atoms with Gasteiger partial charge in [-0.05, 0) is 19.4 Å². The molecule has 1 unspecified atom stereocenters. The molecule has 0 aromatic carbocycles. The van der Waals surface area contributed by atoms with Crippen LogP contribution in [0.4, 0.5) is 0 Å². The summed E-state index contributed by atoms with van der Waals surface area (Å²) in [6.07, 6.45) is 2.06. The van der Waals surface area contributed by atoms with Crippen LogP contribution >= 0.6 is 0 Å². The van der Waals surface area contributed by atoms with E-state index in [2.05, 4.69) is 15.6 Å². The van der Waals surface area contributed by atoms with Crippen molar-refractivity contribution in [3.8, 4) is 0 Å². The lowest BCUT2D eigenvalue weighted by Gasteiger charge is -2.13. The second-order valence-electron chi connectivity index (χ2n) is 4.18. The largest absolute Gasteiger partial charge is 0.464 e. The van der Waals surface area contributed by atoms with Gasteiger partial charge in [-0.1, -0.05) is 5.21 Å². The fourth-order valence-corrected chi connectivity index (χ4v) is 2.17. The van der Waals surface area contributed by atoms with Crippen LogP contribution in [-0.2, 0) is 16.0 Å². The van der Waals surface area contributed by atoms with Gasteiger partial charge in [-0.25, -0.2) is 9.48 Å². The summed E-state index contributed by atoms with van der Waals surface area (Å²) in [5.41, 5.74) is 1.10. The molecule has 0 radical (unpaired) electrons. The number of esters is 1. The molecule has 100 valence electrons. The summed E-state index contributed by atoms with van der Waals surface area (Å²) in [6, 6.07) is 0.117. The molecule has 1 aromatic rings. The number of nitrogens with zero attached hydrogens (tertiary/aromatic N) is 3. The van der Waals surface area contributed by atoms with Gasteiger partial charge in [0.15, 0.2) is 5.69 Å². The molecule has 2 rings (SSSR count). The van der Waals surface area contributed by atoms with E-state index in [-0.39, 0.29) is 6.04 Å². The van der Waals surface area contributed by atoms with E-state index in [9.17, 15) is 4.79 Å². The van der Waals surface area contributed by atoms with Crippen molar-refractivity contribution in [1.29, 1.82) is 0 Å². The van der Waals surface area contributed by atoms with Crippen LogP contribution in [0.1, 0.15) is 35.1 Å². The van der Waals surface area contributed by atoms with E-state index in [0.717, 1.165) is 25.1 Å². The van der Waals surface area contributed by atoms with E-state index in [0.29, 0.717) is 18.8 Å². The lowest BCUT2D eigenvalue weighted by atomic mass is 10.1. The molecule has 1 aromatic heterocycles. The number of methoxy groups -OCH3 is 2. The molecule has 0 bridgehead atoms. The van der Waals surface area contributed by atoms with E-state index in [4.69, 9.17) is 9.47 Å². The summed E-state index contributed by atoms with van der Waals surface area (Å²) in [6.45, 7) is 2.05. The number of rotatable bonds is 5. The first-order chi connectivity index (χ1) is 8.77. The SMILES string of the molecule is COCCn1nnc(C(=O)OC)c1C1CCCN1. The minimum Gasteiger partial charge on any atom is -0.464 e. The quantitative estimate of drug-likeness (QED) is 0.753. The van der Waals surface area contributed by atoms with Crippen LogP contribution in [0.3, 0.4) is 0 Å². The number of hydrogen-bond donors (Lipinski definition) is 1. The molecule has 0 saturated carbocycles. The van der Waals surface area contributed by atoms with E-state index in [1.165, 1.54) is 7.11 Å². The zero-order valence-electron chi connectivity index (χ0n) is 10.7. The van der Waals surface area contributed by atoms with Gasteiger partial charge >= 0.3 is 5.97 Å². The van der Waals surface area contributed by atoms with Crippen LogP contribution in [0.25, 0.3) is 0 Å². The Labute approximate surface area is 105 Å². The minimum absolute atomic E-state index is 0.117. The second-order valence-corrected chi connectivity index (χ2v) is 4.18. The lowest BCUT2D eigenvalue weighted by Crippen LogP contribution is -2.21. The van der Waals surface area contributed by atoms with Gasteiger partial charge in [-0.15, -0.1) is 5.10 Å². The molecular formula is C11H18N4O3. The molecule has 1 saturated heterocycles. The smallest absolute Gasteiger partial charge is 0.360 e. The van der Waals surface area contributed by atoms with Crippen LogP contribution in [0.2, 0.25) is 0 Å². The maximum absolute atomic E-state index is 11.7. The Balaban J connectivity index is 2.29. The first kappa shape index (κ1) is 13.0. The Kier molecular flexibility index (Phi) is 4.27. The Bertz CT molecular complexity index is 412. The van der Waals surface area contributed by atoms with Crippen molar-refractivity contribution in [2.75, 3.05) is 27.4 Å². The summed E-state index contributed by atoms with van der Waals surface area (Å²) in [5, 5.41) is 11.3. The molecule has 1 atom stereocenters. The second kappa shape index (κ2) is 5.92. The maximum Gasteiger partial charge on any atom is 0.360 e. The normalized spacial score (nSPS) is 19.1. The van der Waals surface area contributed by atoms with E-state index in [1.54, 1.807) is 11.8 Å². The van der Waals surface area contributed by atoms with Crippen LogP contribution < -0.4 is 5.32 Å². The molecule has 2 heterocycles. The highest BCUT2D eigenvalue weighted by molar-refractivity contribution is 5.88. The fraction of sp³-hybridized carbons (Fsp3) is 0.727. The summed E-state index contributed by atoms with van der Waals surface area (Å²) in [4.78, 5) is 11.7. The zero-order valence-corrected chi connectivity index (χ0v) is 10.7. The average molecular weight is 254 g/mol. The highest BCUT2D eigenvalue weighted by Gasteiger charge is 2.28. The predicted octanol–water partition coefficient (Wildman–Crippen LogP) is 0.136. The Morgan fingerprint density at radius 2 is 2.39 bits per heavy atom. The minimum atomic E-state index is -0.442. The van der Waals surface area contributed by atoms with Gasteiger partial charge in [0.2, 0.25) is 0 Å². The van der Waals surface area contributed by atoms with Gasteiger partial charge in [-0.2, -0.15) is 0 Å². The summed E-state index contributed by atoms with van der Waals surface area (Å²) >= 11 is 0. The number of hydrogen-bond acceptors (Lipinski definition) is 6. The third-order valence-corrected chi connectivity index (χ3v) is 3.05. The molecule has 1 N–H and O–H groups in total. The number of aromatic nitrogens is 3. The van der Waals surface area contributed by atoms with Crippen molar-refractivity contribution in [3.05, 3.63) is 11.4 Å². The monoisotopic (exact) mass is 254 g/mol. The molecule has 1 aliphatic heterocycles. The van der Waals surface area contributed by atoms with E-state index in [1.807, 2.05) is 0 Å². The highest BCUT2D eigenvalue weighted by Crippen LogP contribution is 2.25. The molecule has 1 aliphatic rings. The highest BCUT2D eigenvalue weighted by atomic mass is 16.5. The van der Waals surface area contributed by atoms with Gasteiger partial charge in [0.25, 0.3) is 0 Å². The van der Waals surface area contributed by atoms with Crippen LogP contribution in [0, 0.1) is 0 Å². The van der Waals surface area contributed by atoms with Gasteiger partial charge in [0, 0.05) is 7.11 Å². The van der Waals surface area contributed by atoms with Gasteiger partial charge in [0.1, 0.15) is 0 Å². The average Bonchev–Trinajstić information content (AvgIpc) is 3.03. The maximum atomic E-state index is 11.7. The van der Waals surface area contributed by atoms with Crippen LogP contribution in [0.5, 0.6) is 0 Å². The summed E-state index contributed by atoms with van der Waals surface area (Å²) in [7, 11) is 2.98. The number of ether oxygens (including phenoxy) is 2. The van der Waals surface area contributed by atoms with Crippen molar-refractivity contribution >= 4 is 5.97 Å². The number of carbonyl (C=O) groups excluding carboxylic acids is 1. The van der Waals surface area contributed by atoms with Gasteiger partial charge < -0.3 is 14.8 Å². The van der Waals surface area contributed by atoms with Crippen molar-refractivity contribution < 1.29 is 14.3 Å². The fourth-order valence-electron chi connectivity index (χ4n) is 2.17. The van der Waals surface area contributed by atoms with Crippen molar-refractivity contribution in [2.24, 2.45) is 0 Å². The number of nitrogens with one attached hydrogen (secondary N) is 1. The topological polar surface area (TPSA) is 78.3 Å². The first-order valence-electron chi connectivity index (χ1n) is 6.02. The van der Waals surface area contributed by atoms with Gasteiger partial charge in [0.05, 0.1) is 32.0 Å². The molecule has 1 fully saturated rings. The first-order valence-corrected chi connectivity index (χ1v) is 6.02. The number of carbonyl (C=O) groups is 1. The molecular weight excluding hydrogens is 236 g/mol. The Hall–Kier alpha value is -1.47. The molecule has 0 aliphatic carbocycles. The third-order valence-electron chi connectivity index (χ3n) is 3.05. The van der Waals surface area contributed by atoms with Gasteiger partial charge in [-0.3, -0.25) is 0 Å². The predicted molar refractivity (Wildman–Crippen MR) is 63.2 cm³/mol. The third kappa shape index (κ3) is 2.51. The molecule has 0 spiro atoms. The van der Waals surface area contributed by atoms with Crippen molar-refractivity contribution in [3.63, 3.8) is 0 Å². The van der Waals surface area contributed by atoms with Crippen molar-refractivity contribution in [2.45, 2.75) is 25.4 Å². The molecule has 0 amide bonds. The molecule has 18 heavy (non-hydrogen) atoms. The zero-order chi connectivity index (χ0) is 13.0. The van der Waals surface area contributed by atoms with Crippen LogP contribution in [-0.4, -0.2) is 48.3 Å². The summed E-state index contributed by atoms with van der Waals surface area (Å²) < 4.78 is 11.5. The van der Waals surface area contributed by atoms with Crippen LogP contribution in [0.15, 0.2) is 0 Å². The molecule has 7 nitrogen and oxygen atoms in total. The van der Waals surface area contributed by atoms with E-state index < -0.39 is 5.97 Å². The van der Waals surface area contributed by atoms with E-state index >= 15 is 0 Å². The summed E-state index contributed by atoms with van der Waals surface area (Å²) in [5.74, 6) is -0.442. The Morgan fingerprint density at radius 3 is 3.00 bits per heavy atom. The van der Waals surface area contributed by atoms with Crippen molar-refractivity contribution in [1.82, 2.24) is 20.3 Å².